The molecule has 0 aromatic heterocycles. The molecular weight excluding hydrogens is 143 g/mol. The molecule has 0 fully saturated rings. The van der Waals surface area contributed by atoms with E-state index in [0.29, 0.717) is 6.61 Å². The molecule has 0 aliphatic heterocycles. The van der Waals surface area contributed by atoms with Gasteiger partial charge in [-0.2, -0.15) is 0 Å². The van der Waals surface area contributed by atoms with E-state index in [1.807, 2.05) is 0 Å². The molecule has 0 aromatic carbocycles. The smallest absolute Gasteiger partial charge is 0.0779 e. The Labute approximate surface area is 83.7 Å². The van der Waals surface area contributed by atoms with Crippen molar-refractivity contribution in [1.82, 2.24) is 0 Å². The predicted molar refractivity (Wildman–Crippen MR) is 39.9 cm³/mol. The summed E-state index contributed by atoms with van der Waals surface area (Å²) in [6.45, 7) is 3.70. The fourth-order valence-electron chi connectivity index (χ4n) is 0.356. The van der Waals surface area contributed by atoms with Crippen LogP contribution in [0.15, 0.2) is 0 Å². The summed E-state index contributed by atoms with van der Waals surface area (Å²) in [7, 11) is 0. The predicted octanol–water partition coefficient (Wildman–Crippen LogP) is -0.616. The third-order valence-corrected chi connectivity index (χ3v) is 0.879. The van der Waals surface area contributed by atoms with Crippen LogP contribution >= 0.6 is 0 Å². The van der Waals surface area contributed by atoms with Crippen LogP contribution in [-0.2, 0) is 4.74 Å². The second-order valence-electron chi connectivity index (χ2n) is 2.18. The number of aliphatic hydroxyl groups is 2. The monoisotopic (exact) mass is 157 g/mol. The van der Waals surface area contributed by atoms with Crippen LogP contribution in [0.4, 0.5) is 0 Å². The molecule has 0 rings (SSSR count). The molecule has 3 nitrogen and oxygen atoms in total. The molecule has 0 spiro atoms. The van der Waals surface area contributed by atoms with E-state index >= 15 is 0 Å². The maximum Gasteiger partial charge on any atom is 0.0779 e. The van der Waals surface area contributed by atoms with Gasteiger partial charge in [-0.15, -0.1) is 0 Å². The van der Waals surface area contributed by atoms with Gasteiger partial charge in [0.1, 0.15) is 0 Å². The van der Waals surface area contributed by atoms with Crippen LogP contribution in [0.2, 0.25) is 0 Å². The Morgan fingerprint density at radius 2 is 1.90 bits per heavy atom. The average molecular weight is 157 g/mol. The van der Waals surface area contributed by atoms with E-state index in [4.69, 9.17) is 14.9 Å². The van der Waals surface area contributed by atoms with Crippen LogP contribution in [0.25, 0.3) is 0 Å². The number of rotatable bonds is 4. The van der Waals surface area contributed by atoms with Crippen LogP contribution in [0.3, 0.4) is 0 Å². The van der Waals surface area contributed by atoms with Crippen molar-refractivity contribution in [3.8, 4) is 0 Å². The van der Waals surface area contributed by atoms with Gasteiger partial charge >= 0.3 is 0 Å². The van der Waals surface area contributed by atoms with E-state index in [1.165, 1.54) is 0 Å². The third-order valence-electron chi connectivity index (χ3n) is 0.879. The minimum absolute atomic E-state index is 0. The minimum atomic E-state index is -0.445. The molecule has 0 saturated carbocycles. The van der Waals surface area contributed by atoms with Gasteiger partial charge in [0.15, 0.2) is 0 Å². The molecule has 0 bridgehead atoms. The van der Waals surface area contributed by atoms with E-state index in [1.54, 1.807) is 13.8 Å². The number of hydrogen-bond acceptors (Lipinski definition) is 3. The van der Waals surface area contributed by atoms with Crippen molar-refractivity contribution in [2.24, 2.45) is 0 Å². The van der Waals surface area contributed by atoms with Gasteiger partial charge in [-0.1, -0.05) is 0 Å². The molecule has 2 unspecified atom stereocenters. The second-order valence-corrected chi connectivity index (χ2v) is 2.18. The first-order chi connectivity index (χ1) is 4.16. The summed E-state index contributed by atoms with van der Waals surface area (Å²) >= 11 is 0. The van der Waals surface area contributed by atoms with E-state index in [2.05, 4.69) is 0 Å². The first-order valence-electron chi connectivity index (χ1n) is 3.07. The van der Waals surface area contributed by atoms with Gasteiger partial charge in [0.25, 0.3) is 0 Å². The molecule has 57 valence electrons. The van der Waals surface area contributed by atoms with Crippen molar-refractivity contribution in [2.75, 3.05) is 13.2 Å². The fourth-order valence-corrected chi connectivity index (χ4v) is 0.356. The molecule has 2 N–H and O–H groups in total. The molecule has 0 heterocycles. The van der Waals surface area contributed by atoms with Gasteiger partial charge in [0.05, 0.1) is 25.4 Å². The van der Waals surface area contributed by atoms with Crippen LogP contribution in [0, 0.1) is 0 Å². The average Bonchev–Trinajstić information content (AvgIpc) is 1.83. The Bertz CT molecular complexity index is 68.0. The van der Waals surface area contributed by atoms with E-state index in [0.717, 1.165) is 0 Å². The third kappa shape index (κ3) is 8.88. The maximum atomic E-state index is 8.69. The van der Waals surface area contributed by atoms with Crippen molar-refractivity contribution in [3.63, 3.8) is 0 Å². The summed E-state index contributed by atoms with van der Waals surface area (Å²) in [6, 6.07) is 0. The fraction of sp³-hybridized carbons (Fsp3) is 1.00. The molecule has 0 saturated heterocycles. The molecule has 2 atom stereocenters. The van der Waals surface area contributed by atoms with Crippen LogP contribution in [0.5, 0.6) is 0 Å². The normalized spacial score (nSPS) is 15.6. The molecule has 4 heteroatoms. The van der Waals surface area contributed by atoms with Gasteiger partial charge in [-0.05, 0) is 13.8 Å². The summed E-state index contributed by atoms with van der Waals surface area (Å²) in [4.78, 5) is 0. The molecular formula is C6H14NaO3. The summed E-state index contributed by atoms with van der Waals surface area (Å²) < 4.78 is 4.95. The summed E-state index contributed by atoms with van der Waals surface area (Å²) in [5.41, 5.74) is 0. The number of hydrogen-bond donors (Lipinski definition) is 2. The molecule has 1 radical (unpaired) electrons. The van der Waals surface area contributed by atoms with Gasteiger partial charge in [-0.3, -0.25) is 0 Å². The van der Waals surface area contributed by atoms with Crippen molar-refractivity contribution in [3.05, 3.63) is 0 Å². The van der Waals surface area contributed by atoms with Gasteiger partial charge in [0.2, 0.25) is 0 Å². The largest absolute Gasteiger partial charge is 0.394 e. The summed E-state index contributed by atoms with van der Waals surface area (Å²) in [6.07, 6.45) is -0.612. The zero-order chi connectivity index (χ0) is 7.28. The Morgan fingerprint density at radius 1 is 1.40 bits per heavy atom. The zero-order valence-electron chi connectivity index (χ0n) is 6.87. The SMILES string of the molecule is CC(O)COC(C)CO.[Na]. The Balaban J connectivity index is 0. The maximum absolute atomic E-state index is 8.69. The zero-order valence-corrected chi connectivity index (χ0v) is 8.87. The van der Waals surface area contributed by atoms with Crippen molar-refractivity contribution < 1.29 is 14.9 Å². The standard InChI is InChI=1S/C6H14O3.Na/c1-5(8)4-9-6(2)3-7;/h5-8H,3-4H2,1-2H3;. The topological polar surface area (TPSA) is 49.7 Å². The Morgan fingerprint density at radius 3 is 2.20 bits per heavy atom. The molecule has 0 aliphatic carbocycles. The van der Waals surface area contributed by atoms with Crippen molar-refractivity contribution in [1.29, 1.82) is 0 Å². The summed E-state index contributed by atoms with van der Waals surface area (Å²) in [5, 5.41) is 17.1. The first-order valence-corrected chi connectivity index (χ1v) is 3.07. The molecule has 0 amide bonds. The van der Waals surface area contributed by atoms with E-state index < -0.39 is 6.10 Å². The Hall–Kier alpha value is 0.880. The van der Waals surface area contributed by atoms with Gasteiger partial charge in [-0.25, -0.2) is 0 Å². The molecule has 0 aromatic rings. The van der Waals surface area contributed by atoms with Crippen molar-refractivity contribution >= 4 is 29.6 Å². The second kappa shape index (κ2) is 7.98. The molecule has 10 heavy (non-hydrogen) atoms. The van der Waals surface area contributed by atoms with Gasteiger partial charge in [0, 0.05) is 29.6 Å². The van der Waals surface area contributed by atoms with E-state index in [9.17, 15) is 0 Å². The van der Waals surface area contributed by atoms with E-state index in [-0.39, 0.29) is 42.3 Å². The minimum Gasteiger partial charge on any atom is -0.394 e. The Kier molecular flexibility index (Phi) is 10.7. The van der Waals surface area contributed by atoms with Gasteiger partial charge < -0.3 is 14.9 Å². The van der Waals surface area contributed by atoms with Crippen LogP contribution in [-0.4, -0.2) is 65.2 Å². The van der Waals surface area contributed by atoms with Crippen molar-refractivity contribution in [2.45, 2.75) is 26.1 Å². The van der Waals surface area contributed by atoms with Crippen LogP contribution in [0.1, 0.15) is 13.8 Å². The first kappa shape index (κ1) is 13.5. The molecule has 0 aliphatic rings. The number of ether oxygens (including phenoxy) is 1. The number of aliphatic hydroxyl groups excluding tert-OH is 2. The summed E-state index contributed by atoms with van der Waals surface area (Å²) in [5.74, 6) is 0. The van der Waals surface area contributed by atoms with Crippen LogP contribution < -0.4 is 0 Å². The quantitative estimate of drug-likeness (QED) is 0.535.